The van der Waals surface area contributed by atoms with Crippen LogP contribution in [0.2, 0.25) is 0 Å². The van der Waals surface area contributed by atoms with Crippen molar-refractivity contribution < 1.29 is 4.79 Å². The lowest BCUT2D eigenvalue weighted by molar-refractivity contribution is -0.130. The minimum atomic E-state index is 0. The molecule has 1 amide bonds. The number of carbonyl (C=O) groups excluding carboxylic acids is 1. The number of nitrogens with zero attached hydrogens (tertiary/aromatic N) is 1. The lowest BCUT2D eigenvalue weighted by Gasteiger charge is -2.17. The molecule has 3 rings (SSSR count). The van der Waals surface area contributed by atoms with E-state index in [-0.39, 0.29) is 12.4 Å². The molecule has 0 saturated carbocycles. The molecule has 2 atom stereocenters. The molecule has 2 saturated heterocycles. The highest BCUT2D eigenvalue weighted by atomic mass is 79.9. The van der Waals surface area contributed by atoms with E-state index in [2.05, 4.69) is 38.3 Å². The van der Waals surface area contributed by atoms with E-state index in [9.17, 15) is 4.79 Å². The van der Waals surface area contributed by atoms with Crippen molar-refractivity contribution in [2.24, 2.45) is 11.8 Å². The minimum absolute atomic E-state index is 0. The van der Waals surface area contributed by atoms with Gasteiger partial charge in [-0.15, -0.1) is 23.7 Å². The molecule has 1 aromatic rings. The second-order valence-corrected chi connectivity index (χ2v) is 8.08. The number of hydrogen-bond acceptors (Lipinski definition) is 3. The van der Waals surface area contributed by atoms with Crippen molar-refractivity contribution in [2.75, 3.05) is 26.2 Å². The standard InChI is InChI=1S/C14H19BrN2OS.ClH/c15-13-5-4-12(19-13)2-1-3-14(18)17-8-10-6-16-7-11(10)9-17;/h4-5,10-11,16H,1-3,6-9H2;1H/t10-,11+;. The van der Waals surface area contributed by atoms with Crippen LogP contribution >= 0.6 is 39.7 Å². The molecule has 0 unspecified atom stereocenters. The van der Waals surface area contributed by atoms with Crippen LogP contribution in [-0.4, -0.2) is 37.0 Å². The van der Waals surface area contributed by atoms with E-state index in [4.69, 9.17) is 0 Å². The highest BCUT2D eigenvalue weighted by Gasteiger charge is 2.37. The quantitative estimate of drug-likeness (QED) is 0.872. The second kappa shape index (κ2) is 7.25. The van der Waals surface area contributed by atoms with Gasteiger partial charge in [-0.25, -0.2) is 0 Å². The summed E-state index contributed by atoms with van der Waals surface area (Å²) in [5.41, 5.74) is 0. The summed E-state index contributed by atoms with van der Waals surface area (Å²) in [6.45, 7) is 4.14. The van der Waals surface area contributed by atoms with Crippen molar-refractivity contribution in [3.8, 4) is 0 Å². The van der Waals surface area contributed by atoms with Crippen LogP contribution in [0.1, 0.15) is 17.7 Å². The second-order valence-electron chi connectivity index (χ2n) is 5.54. The Bertz CT molecular complexity index is 456. The fourth-order valence-corrected chi connectivity index (χ4v) is 4.64. The van der Waals surface area contributed by atoms with Gasteiger partial charge in [0.05, 0.1) is 3.79 Å². The molecule has 2 aliphatic heterocycles. The van der Waals surface area contributed by atoms with Crippen LogP contribution < -0.4 is 5.32 Å². The van der Waals surface area contributed by atoms with Gasteiger partial charge in [-0.3, -0.25) is 4.79 Å². The molecule has 2 fully saturated rings. The summed E-state index contributed by atoms with van der Waals surface area (Å²) in [7, 11) is 0. The molecule has 0 bridgehead atoms. The summed E-state index contributed by atoms with van der Waals surface area (Å²) in [4.78, 5) is 15.6. The predicted molar refractivity (Wildman–Crippen MR) is 88.6 cm³/mol. The highest BCUT2D eigenvalue weighted by molar-refractivity contribution is 9.11. The molecular formula is C14H20BrClN2OS. The van der Waals surface area contributed by atoms with E-state index in [1.54, 1.807) is 11.3 Å². The first-order valence-electron chi connectivity index (χ1n) is 6.95. The molecule has 0 aliphatic carbocycles. The summed E-state index contributed by atoms with van der Waals surface area (Å²) < 4.78 is 1.17. The van der Waals surface area contributed by atoms with Crippen LogP contribution in [0, 0.1) is 11.8 Å². The molecule has 0 aromatic carbocycles. The summed E-state index contributed by atoms with van der Waals surface area (Å²) in [5.74, 6) is 1.76. The number of fused-ring (bicyclic) bond motifs is 1. The predicted octanol–water partition coefficient (Wildman–Crippen LogP) is 2.93. The molecular weight excluding hydrogens is 360 g/mol. The average molecular weight is 380 g/mol. The average Bonchev–Trinajstić information content (AvgIpc) is 3.03. The summed E-state index contributed by atoms with van der Waals surface area (Å²) >= 11 is 5.24. The first-order valence-corrected chi connectivity index (χ1v) is 8.56. The summed E-state index contributed by atoms with van der Waals surface area (Å²) in [6, 6.07) is 4.22. The van der Waals surface area contributed by atoms with Gasteiger partial charge in [0, 0.05) is 37.5 Å². The van der Waals surface area contributed by atoms with Crippen LogP contribution in [0.5, 0.6) is 0 Å². The number of carbonyl (C=O) groups is 1. The Hall–Kier alpha value is -0.100. The third kappa shape index (κ3) is 3.75. The molecule has 1 N–H and O–H groups in total. The van der Waals surface area contributed by atoms with Crippen LogP contribution in [0.15, 0.2) is 15.9 Å². The van der Waals surface area contributed by atoms with Gasteiger partial charge in [-0.1, -0.05) is 0 Å². The maximum absolute atomic E-state index is 12.2. The Morgan fingerprint density at radius 1 is 1.35 bits per heavy atom. The molecule has 112 valence electrons. The summed E-state index contributed by atoms with van der Waals surface area (Å²) in [6.07, 6.45) is 2.68. The normalized spacial score (nSPS) is 24.6. The Morgan fingerprint density at radius 2 is 2.05 bits per heavy atom. The van der Waals surface area contributed by atoms with E-state index < -0.39 is 0 Å². The molecule has 0 radical (unpaired) electrons. The maximum atomic E-state index is 12.2. The van der Waals surface area contributed by atoms with Crippen LogP contribution in [0.3, 0.4) is 0 Å². The molecule has 2 aliphatic rings. The molecule has 6 heteroatoms. The highest BCUT2D eigenvalue weighted by Crippen LogP contribution is 2.27. The van der Waals surface area contributed by atoms with Crippen molar-refractivity contribution in [1.29, 1.82) is 0 Å². The SMILES string of the molecule is Cl.O=C(CCCc1ccc(Br)s1)N1C[C@H]2CNC[C@H]2C1. The number of nitrogens with one attached hydrogen (secondary N) is 1. The zero-order chi connectivity index (χ0) is 13.2. The van der Waals surface area contributed by atoms with Crippen molar-refractivity contribution in [3.05, 3.63) is 20.8 Å². The van der Waals surface area contributed by atoms with E-state index in [1.807, 2.05) is 0 Å². The van der Waals surface area contributed by atoms with Gasteiger partial charge in [0.1, 0.15) is 0 Å². The molecule has 3 heterocycles. The number of hydrogen-bond donors (Lipinski definition) is 1. The smallest absolute Gasteiger partial charge is 0.222 e. The third-order valence-corrected chi connectivity index (χ3v) is 5.87. The first kappa shape index (κ1) is 16.3. The third-order valence-electron chi connectivity index (χ3n) is 4.18. The van der Waals surface area contributed by atoms with Gasteiger partial charge in [-0.05, 0) is 52.7 Å². The number of aryl methyl sites for hydroxylation is 1. The number of rotatable bonds is 4. The Morgan fingerprint density at radius 3 is 2.65 bits per heavy atom. The van der Waals surface area contributed by atoms with Crippen molar-refractivity contribution in [1.82, 2.24) is 10.2 Å². The topological polar surface area (TPSA) is 32.3 Å². The van der Waals surface area contributed by atoms with Gasteiger partial charge >= 0.3 is 0 Å². The molecule has 0 spiro atoms. The first-order chi connectivity index (χ1) is 9.22. The number of likely N-dealkylation sites (tertiary alicyclic amines) is 1. The molecule has 1 aromatic heterocycles. The van der Waals surface area contributed by atoms with E-state index >= 15 is 0 Å². The Labute approximate surface area is 138 Å². The van der Waals surface area contributed by atoms with E-state index in [0.29, 0.717) is 24.2 Å². The van der Waals surface area contributed by atoms with Crippen molar-refractivity contribution in [3.63, 3.8) is 0 Å². The zero-order valence-electron chi connectivity index (χ0n) is 11.3. The monoisotopic (exact) mass is 378 g/mol. The van der Waals surface area contributed by atoms with Gasteiger partial charge in [0.2, 0.25) is 5.91 Å². The Kier molecular flexibility index (Phi) is 5.90. The van der Waals surface area contributed by atoms with Crippen LogP contribution in [0.25, 0.3) is 0 Å². The zero-order valence-corrected chi connectivity index (χ0v) is 14.5. The maximum Gasteiger partial charge on any atom is 0.222 e. The number of amides is 1. The molecule has 3 nitrogen and oxygen atoms in total. The lowest BCUT2D eigenvalue weighted by atomic mass is 10.0. The lowest BCUT2D eigenvalue weighted by Crippen LogP contribution is -2.31. The van der Waals surface area contributed by atoms with E-state index in [1.165, 1.54) is 8.66 Å². The fourth-order valence-electron chi connectivity index (χ4n) is 3.12. The molecule has 20 heavy (non-hydrogen) atoms. The van der Waals surface area contributed by atoms with Crippen LogP contribution in [-0.2, 0) is 11.2 Å². The van der Waals surface area contributed by atoms with E-state index in [0.717, 1.165) is 39.0 Å². The largest absolute Gasteiger partial charge is 0.342 e. The summed E-state index contributed by atoms with van der Waals surface area (Å²) in [5, 5.41) is 3.41. The van der Waals surface area contributed by atoms with Crippen molar-refractivity contribution >= 4 is 45.6 Å². The van der Waals surface area contributed by atoms with Crippen LogP contribution in [0.4, 0.5) is 0 Å². The van der Waals surface area contributed by atoms with Gasteiger partial charge in [-0.2, -0.15) is 0 Å². The van der Waals surface area contributed by atoms with Gasteiger partial charge < -0.3 is 10.2 Å². The van der Waals surface area contributed by atoms with Gasteiger partial charge in [0.25, 0.3) is 0 Å². The Balaban J connectivity index is 0.00000147. The number of halogens is 2. The van der Waals surface area contributed by atoms with Gasteiger partial charge in [0.15, 0.2) is 0 Å². The van der Waals surface area contributed by atoms with Crippen molar-refractivity contribution in [2.45, 2.75) is 19.3 Å². The minimum Gasteiger partial charge on any atom is -0.342 e. The fraction of sp³-hybridized carbons (Fsp3) is 0.643. The number of thiophene rings is 1.